The van der Waals surface area contributed by atoms with Gasteiger partial charge in [0.2, 0.25) is 11.2 Å². The monoisotopic (exact) mass is 280 g/mol. The van der Waals surface area contributed by atoms with Gasteiger partial charge >= 0.3 is 0 Å². The Balaban J connectivity index is 2.36. The van der Waals surface area contributed by atoms with E-state index < -0.39 is 0 Å². The lowest BCUT2D eigenvalue weighted by molar-refractivity contribution is 0.461. The molecule has 0 unspecified atom stereocenters. The minimum atomic E-state index is 0.0953. The van der Waals surface area contributed by atoms with Gasteiger partial charge in [0.25, 0.3) is 0 Å². The molecule has 0 saturated carbocycles. The second kappa shape index (κ2) is 5.85. The lowest BCUT2D eigenvalue weighted by Gasteiger charge is -2.08. The van der Waals surface area contributed by atoms with Gasteiger partial charge in [-0.25, -0.2) is 4.98 Å². The van der Waals surface area contributed by atoms with Gasteiger partial charge in [-0.2, -0.15) is 4.98 Å². The van der Waals surface area contributed by atoms with Crippen molar-refractivity contribution in [2.75, 3.05) is 0 Å². The van der Waals surface area contributed by atoms with Crippen LogP contribution in [-0.2, 0) is 0 Å². The predicted octanol–water partition coefficient (Wildman–Crippen LogP) is 4.61. The normalized spacial score (nSPS) is 10.8. The van der Waals surface area contributed by atoms with Crippen LogP contribution in [0.3, 0.4) is 0 Å². The Kier molecular flexibility index (Phi) is 4.18. The van der Waals surface area contributed by atoms with Crippen molar-refractivity contribution in [1.29, 1.82) is 0 Å². The van der Waals surface area contributed by atoms with Crippen molar-refractivity contribution in [3.8, 4) is 11.6 Å². The van der Waals surface area contributed by atoms with Crippen LogP contribution in [0.1, 0.15) is 12.5 Å². The van der Waals surface area contributed by atoms with Crippen molar-refractivity contribution < 1.29 is 4.74 Å². The maximum absolute atomic E-state index is 5.95. The van der Waals surface area contributed by atoms with E-state index in [9.17, 15) is 0 Å². The van der Waals surface area contributed by atoms with E-state index in [1.54, 1.807) is 0 Å². The molecule has 0 aliphatic heterocycles. The molecule has 18 heavy (non-hydrogen) atoms. The number of nitrogens with zero attached hydrogens (tertiary/aromatic N) is 2. The summed E-state index contributed by atoms with van der Waals surface area (Å²) >= 11 is 11.7. The molecular weight excluding hydrogens is 271 g/mol. The third-order valence-corrected chi connectivity index (χ3v) is 2.60. The van der Waals surface area contributed by atoms with E-state index >= 15 is 0 Å². The SMILES string of the molecule is CC=Cc1ccccc1Oc1nc(Cl)ncc1Cl. The summed E-state index contributed by atoms with van der Waals surface area (Å²) in [6.07, 6.45) is 5.27. The number of hydrogen-bond donors (Lipinski definition) is 0. The standard InChI is InChI=1S/C13H10Cl2N2O/c1-2-5-9-6-3-4-7-11(9)18-12-10(14)8-16-13(15)17-12/h2-8H,1H3. The van der Waals surface area contributed by atoms with Gasteiger partial charge in [-0.1, -0.05) is 42.0 Å². The number of benzene rings is 1. The molecule has 92 valence electrons. The van der Waals surface area contributed by atoms with Crippen LogP contribution < -0.4 is 4.74 Å². The summed E-state index contributed by atoms with van der Waals surface area (Å²) < 4.78 is 5.65. The lowest BCUT2D eigenvalue weighted by Crippen LogP contribution is -1.93. The summed E-state index contributed by atoms with van der Waals surface area (Å²) in [6, 6.07) is 7.57. The highest BCUT2D eigenvalue weighted by atomic mass is 35.5. The summed E-state index contributed by atoms with van der Waals surface area (Å²) in [4.78, 5) is 7.71. The molecular formula is C13H10Cl2N2O. The van der Waals surface area contributed by atoms with E-state index in [4.69, 9.17) is 27.9 Å². The molecule has 0 N–H and O–H groups in total. The van der Waals surface area contributed by atoms with Crippen molar-refractivity contribution in [3.05, 3.63) is 52.4 Å². The van der Waals surface area contributed by atoms with Crippen LogP contribution in [0.5, 0.6) is 11.6 Å². The Hall–Kier alpha value is -1.58. The summed E-state index contributed by atoms with van der Waals surface area (Å²) in [5, 5.41) is 0.410. The van der Waals surface area contributed by atoms with Gasteiger partial charge in [-0.3, -0.25) is 0 Å². The van der Waals surface area contributed by atoms with Crippen LogP contribution in [0, 0.1) is 0 Å². The molecule has 2 rings (SSSR count). The minimum Gasteiger partial charge on any atom is -0.437 e. The van der Waals surface area contributed by atoms with Crippen molar-refractivity contribution in [1.82, 2.24) is 9.97 Å². The first kappa shape index (κ1) is 12.9. The molecule has 5 heteroatoms. The molecule has 2 aromatic rings. The molecule has 0 saturated heterocycles. The van der Waals surface area contributed by atoms with E-state index in [0.29, 0.717) is 10.8 Å². The third kappa shape index (κ3) is 3.00. The molecule has 0 fully saturated rings. The van der Waals surface area contributed by atoms with Gasteiger partial charge < -0.3 is 4.74 Å². The highest BCUT2D eigenvalue weighted by molar-refractivity contribution is 6.32. The van der Waals surface area contributed by atoms with Gasteiger partial charge in [-0.15, -0.1) is 0 Å². The summed E-state index contributed by atoms with van der Waals surface area (Å²) in [7, 11) is 0. The van der Waals surface area contributed by atoms with E-state index in [1.165, 1.54) is 6.20 Å². The fourth-order valence-electron chi connectivity index (χ4n) is 1.40. The van der Waals surface area contributed by atoms with Gasteiger partial charge in [-0.05, 0) is 24.6 Å². The van der Waals surface area contributed by atoms with Crippen molar-refractivity contribution >= 4 is 29.3 Å². The summed E-state index contributed by atoms with van der Waals surface area (Å²) in [5.41, 5.74) is 0.936. The Morgan fingerprint density at radius 2 is 2.00 bits per heavy atom. The predicted molar refractivity (Wildman–Crippen MR) is 73.3 cm³/mol. The first-order valence-electron chi connectivity index (χ1n) is 5.28. The molecule has 0 spiro atoms. The molecule has 1 aromatic heterocycles. The highest BCUT2D eigenvalue weighted by Gasteiger charge is 2.08. The zero-order valence-electron chi connectivity index (χ0n) is 9.60. The van der Waals surface area contributed by atoms with E-state index in [0.717, 1.165) is 5.56 Å². The number of ether oxygens (including phenoxy) is 1. The van der Waals surface area contributed by atoms with E-state index in [1.807, 2.05) is 43.3 Å². The first-order valence-corrected chi connectivity index (χ1v) is 6.04. The average Bonchev–Trinajstić information content (AvgIpc) is 2.36. The van der Waals surface area contributed by atoms with Crippen molar-refractivity contribution in [3.63, 3.8) is 0 Å². The maximum Gasteiger partial charge on any atom is 0.242 e. The van der Waals surface area contributed by atoms with Crippen LogP contribution in [-0.4, -0.2) is 9.97 Å². The number of para-hydroxylation sites is 1. The van der Waals surface area contributed by atoms with Gasteiger partial charge in [0.1, 0.15) is 10.8 Å². The Morgan fingerprint density at radius 3 is 2.78 bits per heavy atom. The largest absolute Gasteiger partial charge is 0.437 e. The Bertz CT molecular complexity index is 585. The van der Waals surface area contributed by atoms with Crippen LogP contribution in [0.2, 0.25) is 10.3 Å². The quantitative estimate of drug-likeness (QED) is 0.770. The smallest absolute Gasteiger partial charge is 0.242 e. The van der Waals surface area contributed by atoms with Crippen LogP contribution >= 0.6 is 23.2 Å². The first-order chi connectivity index (χ1) is 8.70. The van der Waals surface area contributed by atoms with Gasteiger partial charge in [0.15, 0.2) is 0 Å². The van der Waals surface area contributed by atoms with Crippen molar-refractivity contribution in [2.45, 2.75) is 6.92 Å². The van der Waals surface area contributed by atoms with Gasteiger partial charge in [0, 0.05) is 5.56 Å². The minimum absolute atomic E-state index is 0.0953. The molecule has 1 heterocycles. The zero-order chi connectivity index (χ0) is 13.0. The fraction of sp³-hybridized carbons (Fsp3) is 0.0769. The van der Waals surface area contributed by atoms with E-state index in [-0.39, 0.29) is 11.2 Å². The van der Waals surface area contributed by atoms with Crippen LogP contribution in [0.15, 0.2) is 36.5 Å². The maximum atomic E-state index is 5.95. The number of aromatic nitrogens is 2. The molecule has 3 nitrogen and oxygen atoms in total. The van der Waals surface area contributed by atoms with Crippen molar-refractivity contribution in [2.24, 2.45) is 0 Å². The second-order valence-electron chi connectivity index (χ2n) is 3.43. The topological polar surface area (TPSA) is 35.0 Å². The molecule has 0 aliphatic rings. The van der Waals surface area contributed by atoms with Crippen LogP contribution in [0.25, 0.3) is 6.08 Å². The number of allylic oxidation sites excluding steroid dienone is 1. The fourth-order valence-corrected chi connectivity index (χ4v) is 1.65. The molecule has 0 aliphatic carbocycles. The third-order valence-electron chi connectivity index (χ3n) is 2.15. The lowest BCUT2D eigenvalue weighted by atomic mass is 10.2. The molecule has 0 radical (unpaired) electrons. The zero-order valence-corrected chi connectivity index (χ0v) is 11.1. The number of hydrogen-bond acceptors (Lipinski definition) is 3. The summed E-state index contributed by atoms with van der Waals surface area (Å²) in [6.45, 7) is 1.94. The Labute approximate surface area is 115 Å². The number of rotatable bonds is 3. The molecule has 0 bridgehead atoms. The molecule has 1 aromatic carbocycles. The molecule has 0 amide bonds. The Morgan fingerprint density at radius 1 is 1.22 bits per heavy atom. The highest BCUT2D eigenvalue weighted by Crippen LogP contribution is 2.30. The van der Waals surface area contributed by atoms with Gasteiger partial charge in [0.05, 0.1) is 6.20 Å². The van der Waals surface area contributed by atoms with E-state index in [2.05, 4.69) is 9.97 Å². The van der Waals surface area contributed by atoms with Crippen LogP contribution in [0.4, 0.5) is 0 Å². The summed E-state index contributed by atoms with van der Waals surface area (Å²) in [5.74, 6) is 0.904. The number of halogens is 2. The second-order valence-corrected chi connectivity index (χ2v) is 4.18. The molecule has 0 atom stereocenters. The average molecular weight is 281 g/mol.